The lowest BCUT2D eigenvalue weighted by molar-refractivity contribution is 0.0233. The zero-order valence-corrected chi connectivity index (χ0v) is 10.1. The Hall–Kier alpha value is -0.870. The molecule has 90 valence electrons. The smallest absolute Gasteiger partial charge is 0.0910 e. The average molecular weight is 223 g/mol. The number of aromatic nitrogens is 2. The van der Waals surface area contributed by atoms with E-state index in [4.69, 9.17) is 4.74 Å². The predicted octanol–water partition coefficient (Wildman–Crippen LogP) is 1.73. The van der Waals surface area contributed by atoms with Gasteiger partial charge in [-0.25, -0.2) is 0 Å². The minimum Gasteiger partial charge on any atom is -0.371 e. The van der Waals surface area contributed by atoms with Crippen molar-refractivity contribution in [3.05, 3.63) is 18.0 Å². The molecule has 0 bridgehead atoms. The molecule has 2 heterocycles. The van der Waals surface area contributed by atoms with Gasteiger partial charge in [0.15, 0.2) is 0 Å². The summed E-state index contributed by atoms with van der Waals surface area (Å²) in [6.07, 6.45) is 4.75. The number of rotatable bonds is 4. The van der Waals surface area contributed by atoms with Gasteiger partial charge in [-0.1, -0.05) is 0 Å². The first-order valence-corrected chi connectivity index (χ1v) is 6.12. The van der Waals surface area contributed by atoms with Crippen molar-refractivity contribution >= 4 is 0 Å². The van der Waals surface area contributed by atoms with E-state index in [1.165, 1.54) is 6.42 Å². The average Bonchev–Trinajstić information content (AvgIpc) is 2.76. The summed E-state index contributed by atoms with van der Waals surface area (Å²) in [6.45, 7) is 6.99. The molecule has 4 nitrogen and oxygen atoms in total. The summed E-state index contributed by atoms with van der Waals surface area (Å²) in [5.41, 5.74) is 1.03. The third kappa shape index (κ3) is 3.06. The summed E-state index contributed by atoms with van der Waals surface area (Å²) < 4.78 is 7.79. The molecular weight excluding hydrogens is 202 g/mol. The maximum Gasteiger partial charge on any atom is 0.0910 e. The van der Waals surface area contributed by atoms with Crippen LogP contribution in [0.2, 0.25) is 0 Å². The molecule has 1 atom stereocenters. The number of hydrogen-bond donors (Lipinski definition) is 1. The first-order chi connectivity index (χ1) is 7.75. The third-order valence-electron chi connectivity index (χ3n) is 2.91. The van der Waals surface area contributed by atoms with Crippen molar-refractivity contribution < 1.29 is 4.74 Å². The molecule has 1 N–H and O–H groups in total. The molecule has 0 aromatic carbocycles. The van der Waals surface area contributed by atoms with Crippen molar-refractivity contribution in [2.75, 3.05) is 13.1 Å². The molecule has 1 aromatic heterocycles. The van der Waals surface area contributed by atoms with Crippen LogP contribution in [-0.2, 0) is 11.3 Å². The van der Waals surface area contributed by atoms with Crippen molar-refractivity contribution in [3.63, 3.8) is 0 Å². The molecule has 1 aromatic rings. The summed E-state index contributed by atoms with van der Waals surface area (Å²) >= 11 is 0. The largest absolute Gasteiger partial charge is 0.371 e. The van der Waals surface area contributed by atoms with Crippen LogP contribution >= 0.6 is 0 Å². The Morgan fingerprint density at radius 2 is 2.50 bits per heavy atom. The first kappa shape index (κ1) is 11.6. The van der Waals surface area contributed by atoms with Crippen LogP contribution in [0.15, 0.2) is 12.3 Å². The van der Waals surface area contributed by atoms with E-state index < -0.39 is 0 Å². The predicted molar refractivity (Wildman–Crippen MR) is 63.3 cm³/mol. The van der Waals surface area contributed by atoms with E-state index in [0.29, 0.717) is 18.8 Å². The summed E-state index contributed by atoms with van der Waals surface area (Å²) in [4.78, 5) is 0. The third-order valence-corrected chi connectivity index (χ3v) is 2.91. The fourth-order valence-corrected chi connectivity index (χ4v) is 1.91. The lowest BCUT2D eigenvalue weighted by Gasteiger charge is -2.22. The van der Waals surface area contributed by atoms with Gasteiger partial charge < -0.3 is 10.1 Å². The summed E-state index contributed by atoms with van der Waals surface area (Å²) in [5, 5.41) is 7.81. The molecule has 1 saturated heterocycles. The molecule has 1 aliphatic rings. The van der Waals surface area contributed by atoms with Crippen LogP contribution < -0.4 is 5.32 Å². The van der Waals surface area contributed by atoms with E-state index in [1.54, 1.807) is 0 Å². The molecule has 0 radical (unpaired) electrons. The molecule has 0 spiro atoms. The van der Waals surface area contributed by atoms with E-state index >= 15 is 0 Å². The SMILES string of the molecule is CC(C)n1ccc(CO[C@H]2CCCNC2)n1. The Morgan fingerprint density at radius 3 is 3.12 bits per heavy atom. The second kappa shape index (κ2) is 5.46. The van der Waals surface area contributed by atoms with Crippen molar-refractivity contribution in [1.29, 1.82) is 0 Å². The fraction of sp³-hybridized carbons (Fsp3) is 0.750. The van der Waals surface area contributed by atoms with E-state index in [1.807, 2.05) is 16.9 Å². The maximum absolute atomic E-state index is 5.82. The van der Waals surface area contributed by atoms with Gasteiger partial charge in [0.2, 0.25) is 0 Å². The highest BCUT2D eigenvalue weighted by Crippen LogP contribution is 2.10. The molecule has 0 saturated carbocycles. The van der Waals surface area contributed by atoms with Crippen LogP contribution in [0.1, 0.15) is 38.4 Å². The van der Waals surface area contributed by atoms with Gasteiger partial charge >= 0.3 is 0 Å². The van der Waals surface area contributed by atoms with Gasteiger partial charge in [0.1, 0.15) is 0 Å². The van der Waals surface area contributed by atoms with E-state index in [-0.39, 0.29) is 0 Å². The number of nitrogens with one attached hydrogen (secondary N) is 1. The van der Waals surface area contributed by atoms with E-state index in [0.717, 1.165) is 25.2 Å². The molecule has 2 rings (SSSR count). The molecule has 0 aliphatic carbocycles. The van der Waals surface area contributed by atoms with Crippen LogP contribution in [0.3, 0.4) is 0 Å². The lowest BCUT2D eigenvalue weighted by atomic mass is 10.1. The van der Waals surface area contributed by atoms with Gasteiger partial charge in [0.25, 0.3) is 0 Å². The Balaban J connectivity index is 1.79. The second-order valence-corrected chi connectivity index (χ2v) is 4.66. The van der Waals surface area contributed by atoms with Crippen LogP contribution in [-0.4, -0.2) is 29.0 Å². The number of hydrogen-bond acceptors (Lipinski definition) is 3. The second-order valence-electron chi connectivity index (χ2n) is 4.66. The van der Waals surface area contributed by atoms with Gasteiger partial charge in [0, 0.05) is 18.8 Å². The minimum atomic E-state index is 0.359. The molecule has 16 heavy (non-hydrogen) atoms. The summed E-state index contributed by atoms with van der Waals surface area (Å²) in [6, 6.07) is 2.46. The highest BCUT2D eigenvalue weighted by Gasteiger charge is 2.13. The van der Waals surface area contributed by atoms with Gasteiger partial charge in [-0.3, -0.25) is 4.68 Å². The normalized spacial score (nSPS) is 21.6. The quantitative estimate of drug-likeness (QED) is 0.845. The number of nitrogens with zero attached hydrogens (tertiary/aromatic N) is 2. The monoisotopic (exact) mass is 223 g/mol. The van der Waals surface area contributed by atoms with Crippen LogP contribution in [0.4, 0.5) is 0 Å². The Labute approximate surface area is 97.0 Å². The number of piperidine rings is 1. The van der Waals surface area contributed by atoms with Crippen molar-refractivity contribution in [2.45, 2.75) is 45.4 Å². The van der Waals surface area contributed by atoms with E-state index in [2.05, 4.69) is 24.3 Å². The Bertz CT molecular complexity index is 316. The fourth-order valence-electron chi connectivity index (χ4n) is 1.91. The topological polar surface area (TPSA) is 39.1 Å². The molecule has 1 aliphatic heterocycles. The molecule has 0 unspecified atom stereocenters. The molecule has 1 fully saturated rings. The van der Waals surface area contributed by atoms with Crippen molar-refractivity contribution in [1.82, 2.24) is 15.1 Å². The number of ether oxygens (including phenoxy) is 1. The maximum atomic E-state index is 5.82. The van der Waals surface area contributed by atoms with Crippen molar-refractivity contribution in [3.8, 4) is 0 Å². The first-order valence-electron chi connectivity index (χ1n) is 6.12. The zero-order valence-electron chi connectivity index (χ0n) is 10.1. The van der Waals surface area contributed by atoms with E-state index in [9.17, 15) is 0 Å². The standard InChI is InChI=1S/C12H21N3O/c1-10(2)15-7-5-11(14-15)9-16-12-4-3-6-13-8-12/h5,7,10,12-13H,3-4,6,8-9H2,1-2H3/t12-/m0/s1. The summed E-state index contributed by atoms with van der Waals surface area (Å²) in [5.74, 6) is 0. The Morgan fingerprint density at radius 1 is 1.62 bits per heavy atom. The van der Waals surface area contributed by atoms with Crippen molar-refractivity contribution in [2.24, 2.45) is 0 Å². The van der Waals surface area contributed by atoms with Gasteiger partial charge in [-0.2, -0.15) is 5.10 Å². The highest BCUT2D eigenvalue weighted by atomic mass is 16.5. The van der Waals surface area contributed by atoms with Crippen LogP contribution in [0, 0.1) is 0 Å². The zero-order chi connectivity index (χ0) is 11.4. The molecule has 4 heteroatoms. The molecular formula is C12H21N3O. The lowest BCUT2D eigenvalue weighted by Crippen LogP contribution is -2.35. The van der Waals surface area contributed by atoms with Gasteiger partial charge in [-0.05, 0) is 39.3 Å². The molecule has 0 amide bonds. The van der Waals surface area contributed by atoms with Crippen LogP contribution in [0.5, 0.6) is 0 Å². The minimum absolute atomic E-state index is 0.359. The Kier molecular flexibility index (Phi) is 3.96. The summed E-state index contributed by atoms with van der Waals surface area (Å²) in [7, 11) is 0. The van der Waals surface area contributed by atoms with Gasteiger partial charge in [-0.15, -0.1) is 0 Å². The van der Waals surface area contributed by atoms with Crippen LogP contribution in [0.25, 0.3) is 0 Å². The highest BCUT2D eigenvalue weighted by molar-refractivity contribution is 4.97. The van der Waals surface area contributed by atoms with Gasteiger partial charge in [0.05, 0.1) is 18.4 Å².